The fourth-order valence-corrected chi connectivity index (χ4v) is 5.17. The number of thioether (sulfide) groups is 2. The maximum absolute atomic E-state index is 12.4. The van der Waals surface area contributed by atoms with Crippen molar-refractivity contribution in [1.29, 1.82) is 0 Å². The van der Waals surface area contributed by atoms with E-state index in [0.29, 0.717) is 10.3 Å². The van der Waals surface area contributed by atoms with Gasteiger partial charge < -0.3 is 0 Å². The molecule has 1 saturated heterocycles. The number of Topliss-reactive ketones (excluding diaryl/α,β-unsaturated/α-hetero) is 1. The fraction of sp³-hybridized carbons (Fsp3) is 0.462. The first-order chi connectivity index (χ1) is 8.22. The molecule has 17 heavy (non-hydrogen) atoms. The van der Waals surface area contributed by atoms with E-state index in [4.69, 9.17) is 11.6 Å². The van der Waals surface area contributed by atoms with E-state index in [9.17, 15) is 4.79 Å². The van der Waals surface area contributed by atoms with Crippen LogP contribution in [0.5, 0.6) is 0 Å². The van der Waals surface area contributed by atoms with Gasteiger partial charge in [0.1, 0.15) is 0 Å². The van der Waals surface area contributed by atoms with E-state index in [2.05, 4.69) is 6.92 Å². The van der Waals surface area contributed by atoms with Crippen LogP contribution in [0.25, 0.3) is 0 Å². The van der Waals surface area contributed by atoms with Crippen molar-refractivity contribution in [3.05, 3.63) is 34.9 Å². The first-order valence-electron chi connectivity index (χ1n) is 5.75. The van der Waals surface area contributed by atoms with Crippen molar-refractivity contribution in [1.82, 2.24) is 0 Å². The van der Waals surface area contributed by atoms with Crippen molar-refractivity contribution in [3.63, 3.8) is 0 Å². The van der Waals surface area contributed by atoms with Crippen molar-refractivity contribution < 1.29 is 4.79 Å². The molecular weight excluding hydrogens is 272 g/mol. The van der Waals surface area contributed by atoms with E-state index in [-0.39, 0.29) is 11.0 Å². The van der Waals surface area contributed by atoms with Crippen molar-refractivity contribution in [2.45, 2.75) is 23.8 Å². The lowest BCUT2D eigenvalue weighted by atomic mass is 10.0. The van der Waals surface area contributed by atoms with Gasteiger partial charge in [0, 0.05) is 27.3 Å². The minimum Gasteiger partial charge on any atom is -0.293 e. The number of hydrogen-bond donors (Lipinski definition) is 0. The van der Waals surface area contributed by atoms with E-state index in [1.165, 1.54) is 0 Å². The summed E-state index contributed by atoms with van der Waals surface area (Å²) in [4.78, 5) is 12.4. The molecule has 1 aliphatic heterocycles. The summed E-state index contributed by atoms with van der Waals surface area (Å²) in [5, 5.41) is 1.18. The quantitative estimate of drug-likeness (QED) is 0.777. The number of hydrogen-bond acceptors (Lipinski definition) is 3. The third-order valence-corrected chi connectivity index (χ3v) is 6.30. The van der Waals surface area contributed by atoms with E-state index in [1.807, 2.05) is 23.9 Å². The van der Waals surface area contributed by atoms with Crippen LogP contribution >= 0.6 is 35.1 Å². The van der Waals surface area contributed by atoms with Gasteiger partial charge in [-0.15, -0.1) is 11.8 Å². The normalized spacial score (nSPS) is 24.6. The smallest absolute Gasteiger partial charge is 0.176 e. The molecule has 2 unspecified atom stereocenters. The van der Waals surface area contributed by atoms with Crippen LogP contribution in [0.3, 0.4) is 0 Å². The zero-order chi connectivity index (χ0) is 12.3. The summed E-state index contributed by atoms with van der Waals surface area (Å²) in [7, 11) is 0. The molecule has 0 aliphatic carbocycles. The average molecular weight is 287 g/mol. The predicted molar refractivity (Wildman–Crippen MR) is 78.6 cm³/mol. The van der Waals surface area contributed by atoms with Gasteiger partial charge in [-0.05, 0) is 18.6 Å². The van der Waals surface area contributed by atoms with Gasteiger partial charge in [0.25, 0.3) is 0 Å². The summed E-state index contributed by atoms with van der Waals surface area (Å²) in [5.74, 6) is 2.46. The molecule has 2 rings (SSSR count). The first-order valence-corrected chi connectivity index (χ1v) is 8.23. The van der Waals surface area contributed by atoms with Crippen LogP contribution in [-0.4, -0.2) is 27.8 Å². The maximum Gasteiger partial charge on any atom is 0.176 e. The van der Waals surface area contributed by atoms with E-state index < -0.39 is 0 Å². The first kappa shape index (κ1) is 13.3. The molecule has 4 heteroatoms. The molecule has 1 aromatic carbocycles. The number of carbonyl (C=O) groups excluding carboxylic acids is 1. The molecule has 1 nitrogen and oxygen atoms in total. The van der Waals surface area contributed by atoms with Crippen LogP contribution in [0.1, 0.15) is 23.7 Å². The number of carbonyl (C=O) groups is 1. The largest absolute Gasteiger partial charge is 0.293 e. The van der Waals surface area contributed by atoms with Gasteiger partial charge in [-0.2, -0.15) is 11.8 Å². The SMILES string of the molecule is CCC1SCCSC1C(=O)c1cccc(Cl)c1. The highest BCUT2D eigenvalue weighted by molar-refractivity contribution is 8.07. The van der Waals surface area contributed by atoms with Crippen LogP contribution in [0, 0.1) is 0 Å². The Morgan fingerprint density at radius 2 is 2.18 bits per heavy atom. The molecule has 1 aromatic rings. The van der Waals surface area contributed by atoms with Crippen molar-refractivity contribution >= 4 is 40.9 Å². The highest BCUT2D eigenvalue weighted by Crippen LogP contribution is 2.35. The minimum atomic E-state index is 0.0946. The lowest BCUT2D eigenvalue weighted by Gasteiger charge is -2.28. The molecule has 1 fully saturated rings. The van der Waals surface area contributed by atoms with Gasteiger partial charge in [-0.3, -0.25) is 4.79 Å². The van der Waals surface area contributed by atoms with Crippen LogP contribution < -0.4 is 0 Å². The zero-order valence-corrected chi connectivity index (χ0v) is 12.1. The van der Waals surface area contributed by atoms with Gasteiger partial charge in [-0.1, -0.05) is 30.7 Å². The Bertz CT molecular complexity index is 408. The lowest BCUT2D eigenvalue weighted by Crippen LogP contribution is -2.32. The predicted octanol–water partition coefficient (Wildman–Crippen LogP) is 4.15. The summed E-state index contributed by atoms with van der Waals surface area (Å²) in [6, 6.07) is 7.28. The van der Waals surface area contributed by atoms with Gasteiger partial charge in [0.2, 0.25) is 0 Å². The second-order valence-electron chi connectivity index (χ2n) is 3.98. The molecule has 0 bridgehead atoms. The van der Waals surface area contributed by atoms with Crippen LogP contribution in [0.15, 0.2) is 24.3 Å². The highest BCUT2D eigenvalue weighted by atomic mass is 35.5. The van der Waals surface area contributed by atoms with Gasteiger partial charge in [0.15, 0.2) is 5.78 Å². The average Bonchev–Trinajstić information content (AvgIpc) is 2.38. The summed E-state index contributed by atoms with van der Waals surface area (Å²) in [6.07, 6.45) is 1.05. The summed E-state index contributed by atoms with van der Waals surface area (Å²) >= 11 is 9.65. The Hall–Kier alpha value is -0.120. The lowest BCUT2D eigenvalue weighted by molar-refractivity contribution is 0.0988. The van der Waals surface area contributed by atoms with Gasteiger partial charge in [0.05, 0.1) is 5.25 Å². The monoisotopic (exact) mass is 286 g/mol. The highest BCUT2D eigenvalue weighted by Gasteiger charge is 2.31. The summed E-state index contributed by atoms with van der Waals surface area (Å²) in [5.41, 5.74) is 0.746. The fourth-order valence-electron chi connectivity index (χ4n) is 1.95. The number of benzene rings is 1. The van der Waals surface area contributed by atoms with Crippen LogP contribution in [0.2, 0.25) is 5.02 Å². The third-order valence-electron chi connectivity index (χ3n) is 2.82. The summed E-state index contributed by atoms with van der Waals surface area (Å²) < 4.78 is 0. The van der Waals surface area contributed by atoms with E-state index >= 15 is 0 Å². The van der Waals surface area contributed by atoms with Crippen molar-refractivity contribution in [2.75, 3.05) is 11.5 Å². The maximum atomic E-state index is 12.4. The second kappa shape index (κ2) is 6.17. The Morgan fingerprint density at radius 1 is 1.41 bits per heavy atom. The molecule has 0 radical (unpaired) electrons. The van der Waals surface area contributed by atoms with Crippen LogP contribution in [-0.2, 0) is 0 Å². The molecule has 0 aromatic heterocycles. The molecule has 0 N–H and O–H groups in total. The Labute approximate surface area is 116 Å². The Kier molecular flexibility index (Phi) is 4.83. The molecule has 92 valence electrons. The number of halogens is 1. The Morgan fingerprint density at radius 3 is 2.88 bits per heavy atom. The summed E-state index contributed by atoms with van der Waals surface area (Å²) in [6.45, 7) is 2.15. The molecule has 0 saturated carbocycles. The van der Waals surface area contributed by atoms with Gasteiger partial charge in [-0.25, -0.2) is 0 Å². The third kappa shape index (κ3) is 3.21. The topological polar surface area (TPSA) is 17.1 Å². The molecule has 0 spiro atoms. The number of rotatable bonds is 3. The second-order valence-corrected chi connectivity index (χ2v) is 7.02. The molecule has 0 amide bonds. The van der Waals surface area contributed by atoms with Crippen molar-refractivity contribution in [3.8, 4) is 0 Å². The number of ketones is 1. The zero-order valence-electron chi connectivity index (χ0n) is 9.69. The van der Waals surface area contributed by atoms with Gasteiger partial charge >= 0.3 is 0 Å². The Balaban J connectivity index is 2.18. The van der Waals surface area contributed by atoms with E-state index in [1.54, 1.807) is 23.9 Å². The molecule has 1 aliphatic rings. The molecule has 2 atom stereocenters. The molecule has 1 heterocycles. The van der Waals surface area contributed by atoms with Crippen LogP contribution in [0.4, 0.5) is 0 Å². The molecular formula is C13H15ClOS2. The minimum absolute atomic E-state index is 0.0946. The standard InChI is InChI=1S/C13H15ClOS2/c1-2-11-13(17-7-6-16-11)12(15)9-4-3-5-10(14)8-9/h3-5,8,11,13H,2,6-7H2,1H3. The van der Waals surface area contributed by atoms with Crippen molar-refractivity contribution in [2.24, 2.45) is 0 Å². The van der Waals surface area contributed by atoms with E-state index in [0.717, 1.165) is 23.5 Å².